The molecule has 2 saturated carbocycles. The van der Waals surface area contributed by atoms with Crippen molar-refractivity contribution < 1.29 is 13.6 Å². The minimum absolute atomic E-state index is 0.0376. The predicted molar refractivity (Wildman–Crippen MR) is 121 cm³/mol. The monoisotopic (exact) mass is 450 g/mol. The summed E-state index contributed by atoms with van der Waals surface area (Å²) in [5.74, 6) is -0.923. The van der Waals surface area contributed by atoms with Crippen molar-refractivity contribution in [1.82, 2.24) is 20.4 Å². The topological polar surface area (TPSA) is 58.1 Å². The normalized spacial score (nSPS) is 28.5. The number of carbonyl (C=O) groups excluding carboxylic acids is 1. The lowest BCUT2D eigenvalue weighted by atomic mass is 9.67. The molecule has 1 aliphatic heterocycles. The van der Waals surface area contributed by atoms with Crippen LogP contribution < -0.4 is 5.32 Å². The number of nitrogens with one attached hydrogen (secondary N) is 1. The van der Waals surface area contributed by atoms with Gasteiger partial charge in [0.2, 0.25) is 0 Å². The van der Waals surface area contributed by atoms with E-state index in [1.54, 1.807) is 0 Å². The zero-order valence-corrected chi connectivity index (χ0v) is 18.6. The zero-order valence-electron chi connectivity index (χ0n) is 18.6. The molecule has 3 atom stereocenters. The lowest BCUT2D eigenvalue weighted by Crippen LogP contribution is -2.53. The van der Waals surface area contributed by atoms with Gasteiger partial charge in [-0.3, -0.25) is 0 Å². The van der Waals surface area contributed by atoms with E-state index in [0.29, 0.717) is 12.6 Å². The highest BCUT2D eigenvalue weighted by Gasteiger charge is 2.58. The number of hydrogen-bond donors (Lipinski definition) is 1. The van der Waals surface area contributed by atoms with Crippen molar-refractivity contribution in [3.8, 4) is 11.3 Å². The Morgan fingerprint density at radius 1 is 1.12 bits per heavy atom. The second-order valence-corrected chi connectivity index (χ2v) is 10.1. The number of nitrogens with zero attached hydrogens (tertiary/aromatic N) is 3. The Morgan fingerprint density at radius 3 is 2.64 bits per heavy atom. The number of piperidine rings is 1. The van der Waals surface area contributed by atoms with Crippen LogP contribution in [0.2, 0.25) is 0 Å². The fourth-order valence-electron chi connectivity index (χ4n) is 6.56. The largest absolute Gasteiger partial charge is 0.335 e. The van der Waals surface area contributed by atoms with Gasteiger partial charge in [-0.1, -0.05) is 18.2 Å². The number of amides is 2. The van der Waals surface area contributed by atoms with Gasteiger partial charge in [0.05, 0.1) is 17.0 Å². The Hall–Kier alpha value is -2.83. The summed E-state index contributed by atoms with van der Waals surface area (Å²) >= 11 is 0. The Kier molecular flexibility index (Phi) is 4.78. The minimum atomic E-state index is -0.638. The van der Waals surface area contributed by atoms with E-state index in [1.807, 2.05) is 11.0 Å². The SMILES string of the molecule is C=C1[C@H]2CC[C@]1([C@H]1CCCN(C(=O)NC3CCC3)C1)c1nnc(-c3c(F)cccc3F)cc12. The van der Waals surface area contributed by atoms with Crippen LogP contribution in [0.3, 0.4) is 0 Å². The maximum Gasteiger partial charge on any atom is 0.317 e. The summed E-state index contributed by atoms with van der Waals surface area (Å²) in [5, 5.41) is 12.0. The third kappa shape index (κ3) is 3.04. The molecule has 4 aliphatic rings. The lowest BCUT2D eigenvalue weighted by molar-refractivity contribution is 0.131. The molecule has 2 bridgehead atoms. The van der Waals surface area contributed by atoms with E-state index >= 15 is 0 Å². The lowest BCUT2D eigenvalue weighted by Gasteiger charge is -2.43. The molecule has 6 rings (SSSR count). The van der Waals surface area contributed by atoms with Crippen molar-refractivity contribution in [2.24, 2.45) is 5.92 Å². The standard InChI is InChI=1S/C26H28F2N4O/c1-15-18-10-11-26(15,16-5-4-12-32(14-16)25(33)29-17-6-2-7-17)24-19(18)13-22(30-31-24)23-20(27)8-3-9-21(23)28/h3,8-9,13,16-18H,1-2,4-7,10-12,14H2,(H,29,33)/t16-,18+,26-/m0/s1. The van der Waals surface area contributed by atoms with Crippen molar-refractivity contribution in [2.45, 2.75) is 62.3 Å². The predicted octanol–water partition coefficient (Wildman–Crippen LogP) is 5.08. The number of hydrogen-bond acceptors (Lipinski definition) is 3. The number of benzene rings is 1. The third-order valence-corrected chi connectivity index (χ3v) is 8.50. The summed E-state index contributed by atoms with van der Waals surface area (Å²) in [7, 11) is 0. The van der Waals surface area contributed by atoms with Gasteiger partial charge in [-0.2, -0.15) is 5.10 Å². The molecule has 5 nitrogen and oxygen atoms in total. The van der Waals surface area contributed by atoms with Crippen molar-refractivity contribution in [3.05, 3.63) is 59.3 Å². The van der Waals surface area contributed by atoms with Crippen molar-refractivity contribution in [3.63, 3.8) is 0 Å². The van der Waals surface area contributed by atoms with E-state index in [2.05, 4.69) is 22.1 Å². The van der Waals surface area contributed by atoms with E-state index < -0.39 is 11.6 Å². The third-order valence-electron chi connectivity index (χ3n) is 8.50. The first-order valence-electron chi connectivity index (χ1n) is 12.1. The van der Waals surface area contributed by atoms with Gasteiger partial charge < -0.3 is 10.2 Å². The van der Waals surface area contributed by atoms with E-state index in [1.165, 1.54) is 24.6 Å². The number of carbonyl (C=O) groups is 1. The minimum Gasteiger partial charge on any atom is -0.335 e. The molecule has 3 aliphatic carbocycles. The van der Waals surface area contributed by atoms with E-state index in [4.69, 9.17) is 0 Å². The van der Waals surface area contributed by atoms with Crippen molar-refractivity contribution >= 4 is 6.03 Å². The Labute approximate surface area is 192 Å². The fraction of sp³-hybridized carbons (Fsp3) is 0.500. The van der Waals surface area contributed by atoms with E-state index in [9.17, 15) is 13.6 Å². The molecule has 1 saturated heterocycles. The molecular formula is C26H28F2N4O. The van der Waals surface area contributed by atoms with E-state index in [0.717, 1.165) is 61.9 Å². The van der Waals surface area contributed by atoms with Gasteiger partial charge >= 0.3 is 6.03 Å². The van der Waals surface area contributed by atoms with Crippen LogP contribution >= 0.6 is 0 Å². The number of fused-ring (bicyclic) bond motifs is 5. The molecule has 172 valence electrons. The number of likely N-dealkylation sites (tertiary alicyclic amines) is 1. The van der Waals surface area contributed by atoms with Crippen LogP contribution in [-0.2, 0) is 5.41 Å². The first-order chi connectivity index (χ1) is 16.0. The van der Waals surface area contributed by atoms with E-state index in [-0.39, 0.29) is 34.5 Å². The fourth-order valence-corrected chi connectivity index (χ4v) is 6.56. The highest BCUT2D eigenvalue weighted by Crippen LogP contribution is 2.63. The van der Waals surface area contributed by atoms with Gasteiger partial charge in [0, 0.05) is 30.5 Å². The number of allylic oxidation sites excluding steroid dienone is 1. The summed E-state index contributed by atoms with van der Waals surface area (Å²) in [6.07, 6.45) is 7.16. The molecule has 2 aromatic rings. The molecule has 0 spiro atoms. The highest BCUT2D eigenvalue weighted by atomic mass is 19.1. The molecule has 0 radical (unpaired) electrons. The number of halogens is 2. The molecule has 7 heteroatoms. The molecule has 2 heterocycles. The Morgan fingerprint density at radius 2 is 1.91 bits per heavy atom. The van der Waals surface area contributed by atoms with Crippen LogP contribution in [0.4, 0.5) is 13.6 Å². The average molecular weight is 451 g/mol. The first kappa shape index (κ1) is 20.8. The highest BCUT2D eigenvalue weighted by molar-refractivity contribution is 5.75. The molecule has 1 aromatic carbocycles. The van der Waals surface area contributed by atoms with Gasteiger partial charge in [0.25, 0.3) is 0 Å². The number of aromatic nitrogens is 2. The summed E-state index contributed by atoms with van der Waals surface area (Å²) in [4.78, 5) is 14.8. The Bertz CT molecular complexity index is 1130. The van der Waals surface area contributed by atoms with Crippen LogP contribution in [0, 0.1) is 17.6 Å². The molecular weight excluding hydrogens is 422 g/mol. The second-order valence-electron chi connectivity index (χ2n) is 10.1. The van der Waals surface area contributed by atoms with Gasteiger partial charge in [-0.25, -0.2) is 13.6 Å². The molecule has 2 amide bonds. The Balaban J connectivity index is 1.32. The number of urea groups is 1. The molecule has 0 unspecified atom stereocenters. The van der Waals surface area contributed by atoms with Crippen LogP contribution in [0.1, 0.15) is 62.1 Å². The summed E-state index contributed by atoms with van der Waals surface area (Å²) in [6.45, 7) is 5.93. The van der Waals surface area contributed by atoms with Gasteiger partial charge in [0.15, 0.2) is 0 Å². The van der Waals surface area contributed by atoms with Crippen molar-refractivity contribution in [1.29, 1.82) is 0 Å². The second kappa shape index (κ2) is 7.61. The van der Waals surface area contributed by atoms with Crippen LogP contribution in [0.25, 0.3) is 11.3 Å². The molecule has 1 aromatic heterocycles. The quantitative estimate of drug-likeness (QED) is 0.664. The summed E-state index contributed by atoms with van der Waals surface area (Å²) in [5.41, 5.74) is 2.81. The van der Waals surface area contributed by atoms with Gasteiger partial charge in [0.1, 0.15) is 11.6 Å². The smallest absolute Gasteiger partial charge is 0.317 e. The summed E-state index contributed by atoms with van der Waals surface area (Å²) < 4.78 is 28.8. The summed E-state index contributed by atoms with van der Waals surface area (Å²) in [6, 6.07) is 6.00. The number of rotatable bonds is 3. The van der Waals surface area contributed by atoms with Gasteiger partial charge in [-0.05, 0) is 74.6 Å². The molecule has 33 heavy (non-hydrogen) atoms. The molecule has 3 fully saturated rings. The zero-order chi connectivity index (χ0) is 22.7. The van der Waals surface area contributed by atoms with Crippen LogP contribution in [-0.4, -0.2) is 40.3 Å². The van der Waals surface area contributed by atoms with Crippen LogP contribution in [0.5, 0.6) is 0 Å². The van der Waals surface area contributed by atoms with Crippen LogP contribution in [0.15, 0.2) is 36.4 Å². The average Bonchev–Trinajstić information content (AvgIpc) is 3.25. The first-order valence-corrected chi connectivity index (χ1v) is 12.1. The van der Waals surface area contributed by atoms with Crippen molar-refractivity contribution in [2.75, 3.05) is 13.1 Å². The maximum atomic E-state index is 14.4. The van der Waals surface area contributed by atoms with Gasteiger partial charge in [-0.15, -0.1) is 5.10 Å². The molecule has 1 N–H and O–H groups in total. The maximum absolute atomic E-state index is 14.4.